The maximum atomic E-state index is 13.6. The second kappa shape index (κ2) is 8.27. The molecule has 0 N–H and O–H groups in total. The third kappa shape index (κ3) is 3.88. The first-order chi connectivity index (χ1) is 15.1. The number of ether oxygens (including phenoxy) is 1. The molecule has 0 spiro atoms. The third-order valence-corrected chi connectivity index (χ3v) is 6.17. The van der Waals surface area contributed by atoms with Crippen molar-refractivity contribution in [1.29, 1.82) is 0 Å². The zero-order valence-corrected chi connectivity index (χ0v) is 17.6. The van der Waals surface area contributed by atoms with Crippen LogP contribution in [0.5, 0.6) is 0 Å². The predicted octanol–water partition coefficient (Wildman–Crippen LogP) is 4.49. The molecule has 160 valence electrons. The molecular formula is C25H26FN3O2. The van der Waals surface area contributed by atoms with Crippen molar-refractivity contribution in [3.05, 3.63) is 82.9 Å². The fraction of sp³-hybridized carbons (Fsp3) is 0.360. The number of halogens is 1. The molecule has 2 unspecified atom stereocenters. The molecule has 0 radical (unpaired) electrons. The molecule has 2 heterocycles. The summed E-state index contributed by atoms with van der Waals surface area (Å²) in [7, 11) is 0. The first-order valence-corrected chi connectivity index (χ1v) is 11.0. The van der Waals surface area contributed by atoms with Gasteiger partial charge in [-0.2, -0.15) is 5.10 Å². The Morgan fingerprint density at radius 2 is 1.77 bits per heavy atom. The summed E-state index contributed by atoms with van der Waals surface area (Å²) in [4.78, 5) is 15.5. The number of nitrogens with zero attached hydrogens (tertiary/aromatic N) is 3. The van der Waals surface area contributed by atoms with Crippen LogP contribution in [0.1, 0.15) is 53.2 Å². The van der Waals surface area contributed by atoms with Crippen LogP contribution in [0.4, 0.5) is 4.39 Å². The van der Waals surface area contributed by atoms with E-state index < -0.39 is 0 Å². The minimum atomic E-state index is -0.282. The van der Waals surface area contributed by atoms with Crippen LogP contribution in [-0.2, 0) is 17.6 Å². The first-order valence-electron chi connectivity index (χ1n) is 11.0. The fourth-order valence-electron chi connectivity index (χ4n) is 4.69. The van der Waals surface area contributed by atoms with Crippen molar-refractivity contribution in [3.8, 4) is 5.69 Å². The van der Waals surface area contributed by atoms with E-state index in [1.807, 2.05) is 46.8 Å². The fourth-order valence-corrected chi connectivity index (χ4v) is 4.69. The van der Waals surface area contributed by atoms with E-state index in [4.69, 9.17) is 9.84 Å². The number of hydrogen-bond acceptors (Lipinski definition) is 3. The molecule has 1 saturated heterocycles. The lowest BCUT2D eigenvalue weighted by atomic mass is 9.95. The van der Waals surface area contributed by atoms with Crippen molar-refractivity contribution < 1.29 is 13.9 Å². The number of aromatic nitrogens is 2. The number of morpholine rings is 1. The highest BCUT2D eigenvalue weighted by Crippen LogP contribution is 2.30. The van der Waals surface area contributed by atoms with Crippen LogP contribution < -0.4 is 0 Å². The highest BCUT2D eigenvalue weighted by Gasteiger charge is 2.34. The van der Waals surface area contributed by atoms with Gasteiger partial charge in [0.1, 0.15) is 11.9 Å². The molecule has 1 amide bonds. The van der Waals surface area contributed by atoms with Gasteiger partial charge in [-0.15, -0.1) is 0 Å². The average Bonchev–Trinajstić information content (AvgIpc) is 3.19. The lowest BCUT2D eigenvalue weighted by Gasteiger charge is -2.37. The molecule has 1 aromatic heterocycles. The maximum Gasteiger partial charge on any atom is 0.274 e. The maximum absolute atomic E-state index is 13.6. The molecule has 0 bridgehead atoms. The van der Waals surface area contributed by atoms with Gasteiger partial charge in [0.25, 0.3) is 5.91 Å². The Bertz CT molecular complexity index is 1080. The summed E-state index contributed by atoms with van der Waals surface area (Å²) < 4.78 is 21.4. The Balaban J connectivity index is 1.48. The van der Waals surface area contributed by atoms with Crippen LogP contribution >= 0.6 is 0 Å². The molecule has 5 nitrogen and oxygen atoms in total. The molecule has 6 heteroatoms. The quantitative estimate of drug-likeness (QED) is 0.628. The topological polar surface area (TPSA) is 47.4 Å². The molecule has 1 aliphatic carbocycles. The summed E-state index contributed by atoms with van der Waals surface area (Å²) in [6, 6.07) is 16.3. The van der Waals surface area contributed by atoms with Gasteiger partial charge in [-0.25, -0.2) is 9.07 Å². The number of amides is 1. The van der Waals surface area contributed by atoms with Crippen molar-refractivity contribution in [3.63, 3.8) is 0 Å². The normalized spacial score (nSPS) is 21.0. The summed E-state index contributed by atoms with van der Waals surface area (Å²) in [5.41, 5.74) is 4.50. The molecule has 2 aromatic carbocycles. The summed E-state index contributed by atoms with van der Waals surface area (Å²) in [5.74, 6) is -0.328. The highest BCUT2D eigenvalue weighted by molar-refractivity contribution is 5.94. The number of rotatable bonds is 3. The first kappa shape index (κ1) is 19.9. The lowest BCUT2D eigenvalue weighted by molar-refractivity contribution is -0.0693. The van der Waals surface area contributed by atoms with Gasteiger partial charge in [0, 0.05) is 17.8 Å². The Morgan fingerprint density at radius 1 is 1.03 bits per heavy atom. The Morgan fingerprint density at radius 3 is 2.55 bits per heavy atom. The molecule has 1 fully saturated rings. The molecule has 5 rings (SSSR count). The van der Waals surface area contributed by atoms with Gasteiger partial charge in [0.2, 0.25) is 0 Å². The second-order valence-electron chi connectivity index (χ2n) is 8.43. The van der Waals surface area contributed by atoms with Crippen molar-refractivity contribution in [2.75, 3.05) is 13.1 Å². The van der Waals surface area contributed by atoms with Crippen LogP contribution in [0.3, 0.4) is 0 Å². The summed E-state index contributed by atoms with van der Waals surface area (Å²) in [5, 5.41) is 4.75. The van der Waals surface area contributed by atoms with Crippen LogP contribution in [0.15, 0.2) is 54.6 Å². The van der Waals surface area contributed by atoms with Gasteiger partial charge in [-0.1, -0.05) is 30.3 Å². The Kier molecular flexibility index (Phi) is 5.32. The van der Waals surface area contributed by atoms with Crippen LogP contribution in [0.25, 0.3) is 5.69 Å². The minimum absolute atomic E-state index is 0.0462. The van der Waals surface area contributed by atoms with Crippen LogP contribution in [0, 0.1) is 5.82 Å². The van der Waals surface area contributed by atoms with E-state index in [1.54, 1.807) is 12.1 Å². The second-order valence-corrected chi connectivity index (χ2v) is 8.43. The number of fused-ring (bicyclic) bond motifs is 1. The SMILES string of the molecule is CC1CN(C(=O)c2nn(-c3ccc(F)cc3)c3c2CCCC3)CC(c2ccccc2)O1. The van der Waals surface area contributed by atoms with E-state index in [0.29, 0.717) is 18.8 Å². The predicted molar refractivity (Wildman–Crippen MR) is 116 cm³/mol. The van der Waals surface area contributed by atoms with Crippen molar-refractivity contribution in [2.45, 2.75) is 44.8 Å². The molecule has 3 aromatic rings. The molecule has 31 heavy (non-hydrogen) atoms. The zero-order chi connectivity index (χ0) is 21.4. The molecule has 0 saturated carbocycles. The zero-order valence-electron chi connectivity index (χ0n) is 17.6. The molecule has 2 atom stereocenters. The van der Waals surface area contributed by atoms with E-state index >= 15 is 0 Å². The van der Waals surface area contributed by atoms with Crippen molar-refractivity contribution in [2.24, 2.45) is 0 Å². The summed E-state index contributed by atoms with van der Waals surface area (Å²) in [6.45, 7) is 3.05. The largest absolute Gasteiger partial charge is 0.367 e. The number of carbonyl (C=O) groups excluding carboxylic acids is 1. The van der Waals surface area contributed by atoms with Gasteiger partial charge in [-0.05, 0) is 62.4 Å². The number of carbonyl (C=O) groups is 1. The number of benzene rings is 2. The number of hydrogen-bond donors (Lipinski definition) is 0. The summed E-state index contributed by atoms with van der Waals surface area (Å²) in [6.07, 6.45) is 3.63. The van der Waals surface area contributed by atoms with E-state index in [0.717, 1.165) is 48.2 Å². The molecule has 2 aliphatic rings. The van der Waals surface area contributed by atoms with Gasteiger partial charge in [-0.3, -0.25) is 4.79 Å². The van der Waals surface area contributed by atoms with Gasteiger partial charge >= 0.3 is 0 Å². The molecule has 1 aliphatic heterocycles. The molecular weight excluding hydrogens is 393 g/mol. The minimum Gasteiger partial charge on any atom is -0.367 e. The Hall–Kier alpha value is -2.99. The highest BCUT2D eigenvalue weighted by atomic mass is 19.1. The van der Waals surface area contributed by atoms with E-state index in [1.165, 1.54) is 12.1 Å². The average molecular weight is 420 g/mol. The van der Waals surface area contributed by atoms with Crippen LogP contribution in [0.2, 0.25) is 0 Å². The van der Waals surface area contributed by atoms with Crippen molar-refractivity contribution in [1.82, 2.24) is 14.7 Å². The van der Waals surface area contributed by atoms with Gasteiger partial charge in [0.15, 0.2) is 5.69 Å². The summed E-state index contributed by atoms with van der Waals surface area (Å²) >= 11 is 0. The third-order valence-electron chi connectivity index (χ3n) is 6.17. The smallest absolute Gasteiger partial charge is 0.274 e. The standard InChI is InChI=1S/C25H26FN3O2/c1-17-15-28(16-23(31-17)18-7-3-2-4-8-18)25(30)24-21-9-5-6-10-22(21)29(27-24)20-13-11-19(26)12-14-20/h2-4,7-8,11-14,17,23H,5-6,9-10,15-16H2,1H3. The Labute approximate surface area is 181 Å². The monoisotopic (exact) mass is 419 g/mol. The van der Waals surface area contributed by atoms with Gasteiger partial charge in [0.05, 0.1) is 18.3 Å². The van der Waals surface area contributed by atoms with E-state index in [2.05, 4.69) is 0 Å². The van der Waals surface area contributed by atoms with Crippen molar-refractivity contribution >= 4 is 5.91 Å². The van der Waals surface area contributed by atoms with Gasteiger partial charge < -0.3 is 9.64 Å². The lowest BCUT2D eigenvalue weighted by Crippen LogP contribution is -2.46. The van der Waals surface area contributed by atoms with E-state index in [9.17, 15) is 9.18 Å². The van der Waals surface area contributed by atoms with E-state index in [-0.39, 0.29) is 23.9 Å². The van der Waals surface area contributed by atoms with Crippen LogP contribution in [-0.4, -0.2) is 39.8 Å².